The Morgan fingerprint density at radius 2 is 1.58 bits per heavy atom. The van der Waals surface area contributed by atoms with Crippen molar-refractivity contribution in [3.63, 3.8) is 0 Å². The number of aliphatic hydroxyl groups excluding tert-OH is 3. The number of alkyl halides is 9. The van der Waals surface area contributed by atoms with Gasteiger partial charge in [-0.3, -0.25) is 14.3 Å². The van der Waals surface area contributed by atoms with Crippen LogP contribution in [0.3, 0.4) is 0 Å². The first-order valence-corrected chi connectivity index (χ1v) is 8.63. The minimum Gasteiger partial charge on any atom is -0.394 e. The van der Waals surface area contributed by atoms with Crippen LogP contribution in [0.15, 0.2) is 15.8 Å². The van der Waals surface area contributed by atoms with E-state index < -0.39 is 85.1 Å². The third kappa shape index (κ3) is 4.75. The maximum Gasteiger partial charge on any atom is 0.460 e. The quantitative estimate of drug-likeness (QED) is 0.369. The van der Waals surface area contributed by atoms with Crippen LogP contribution in [0, 0.1) is 0 Å². The molecule has 0 saturated carbocycles. The van der Waals surface area contributed by atoms with E-state index in [-0.39, 0.29) is 0 Å². The van der Waals surface area contributed by atoms with Crippen LogP contribution in [0.25, 0.3) is 0 Å². The minimum absolute atomic E-state index is 0.411. The van der Waals surface area contributed by atoms with Crippen LogP contribution in [0.5, 0.6) is 0 Å². The molecule has 0 bridgehead atoms. The standard InChI is InChI=1S/C15H15F9N2O7/c16-12(17,13(18,19)14(20,21)15(22,23)24)4-32-3-5-1-26(11(31)25-9(5)30)10-8(29)7(28)6(2-27)33-10/h1,6-8,10,27-29H,2-4H2,(H,25,30,31)/t6-,7+,8+,10-/m1/s1. The summed E-state index contributed by atoms with van der Waals surface area (Å²) in [6.07, 6.45) is -13.1. The van der Waals surface area contributed by atoms with Gasteiger partial charge in [0.1, 0.15) is 24.9 Å². The van der Waals surface area contributed by atoms with Crippen LogP contribution >= 0.6 is 0 Å². The number of aromatic amines is 1. The molecule has 1 aromatic heterocycles. The van der Waals surface area contributed by atoms with Crippen molar-refractivity contribution in [3.05, 3.63) is 32.6 Å². The van der Waals surface area contributed by atoms with Gasteiger partial charge in [0.05, 0.1) is 18.8 Å². The van der Waals surface area contributed by atoms with Crippen LogP contribution in [-0.4, -0.2) is 80.3 Å². The predicted octanol–water partition coefficient (Wildman–Crippen LogP) is 0.133. The van der Waals surface area contributed by atoms with Crippen molar-refractivity contribution in [2.45, 2.75) is 55.1 Å². The van der Waals surface area contributed by atoms with Crippen molar-refractivity contribution in [1.29, 1.82) is 0 Å². The highest BCUT2D eigenvalue weighted by molar-refractivity contribution is 5.06. The number of nitrogens with zero attached hydrogens (tertiary/aromatic N) is 1. The van der Waals surface area contributed by atoms with E-state index in [0.717, 1.165) is 0 Å². The Hall–Kier alpha value is -2.15. The van der Waals surface area contributed by atoms with Gasteiger partial charge < -0.3 is 24.8 Å². The molecule has 1 saturated heterocycles. The number of nitrogens with one attached hydrogen (secondary N) is 1. The molecular weight excluding hydrogens is 491 g/mol. The first-order chi connectivity index (χ1) is 14.9. The van der Waals surface area contributed by atoms with E-state index >= 15 is 0 Å². The van der Waals surface area contributed by atoms with Gasteiger partial charge >= 0.3 is 29.6 Å². The molecule has 1 aromatic rings. The lowest BCUT2D eigenvalue weighted by molar-refractivity contribution is -0.400. The summed E-state index contributed by atoms with van der Waals surface area (Å²) in [5.41, 5.74) is -3.42. The average Bonchev–Trinajstić information content (AvgIpc) is 2.96. The SMILES string of the molecule is O=c1[nH]c(=O)n([C@@H]2O[C@H](CO)[C@H](O)[C@@H]2O)cc1COCC(F)(F)C(F)(F)C(F)(F)C(F)(F)F. The summed E-state index contributed by atoms with van der Waals surface area (Å²) >= 11 is 0. The van der Waals surface area contributed by atoms with Gasteiger partial charge in [0, 0.05) is 6.20 Å². The lowest BCUT2D eigenvalue weighted by atomic mass is 10.0. The van der Waals surface area contributed by atoms with E-state index in [1.807, 2.05) is 0 Å². The summed E-state index contributed by atoms with van der Waals surface area (Å²) in [5, 5.41) is 28.6. The van der Waals surface area contributed by atoms with Gasteiger partial charge in [-0.25, -0.2) is 4.79 Å². The second-order valence-electron chi connectivity index (χ2n) is 6.89. The molecule has 1 fully saturated rings. The summed E-state index contributed by atoms with van der Waals surface area (Å²) in [6.45, 7) is -4.87. The van der Waals surface area contributed by atoms with Crippen LogP contribution < -0.4 is 11.2 Å². The number of aliphatic hydroxyl groups is 3. The van der Waals surface area contributed by atoms with Crippen LogP contribution in [0.1, 0.15) is 11.8 Å². The fourth-order valence-corrected chi connectivity index (χ4v) is 2.72. The molecule has 4 N–H and O–H groups in total. The van der Waals surface area contributed by atoms with Crippen LogP contribution in [0.2, 0.25) is 0 Å². The van der Waals surface area contributed by atoms with Gasteiger partial charge in [-0.15, -0.1) is 0 Å². The van der Waals surface area contributed by atoms with Crippen molar-refractivity contribution in [2.75, 3.05) is 13.2 Å². The molecule has 0 unspecified atom stereocenters. The van der Waals surface area contributed by atoms with Crippen LogP contribution in [-0.2, 0) is 16.1 Å². The monoisotopic (exact) mass is 506 g/mol. The molecule has 9 nitrogen and oxygen atoms in total. The summed E-state index contributed by atoms with van der Waals surface area (Å²) in [7, 11) is 0. The van der Waals surface area contributed by atoms with Gasteiger partial charge in [-0.1, -0.05) is 0 Å². The van der Waals surface area contributed by atoms with Gasteiger partial charge in [-0.05, 0) is 0 Å². The zero-order valence-corrected chi connectivity index (χ0v) is 15.8. The molecule has 1 aliphatic rings. The Balaban J connectivity index is 2.22. The molecule has 4 atom stereocenters. The Bertz CT molecular complexity index is 962. The second kappa shape index (κ2) is 8.90. The fraction of sp³-hybridized carbons (Fsp3) is 0.733. The zero-order chi connectivity index (χ0) is 25.6. The van der Waals surface area contributed by atoms with Crippen molar-refractivity contribution < 1.29 is 64.3 Å². The number of hydrogen-bond donors (Lipinski definition) is 4. The van der Waals surface area contributed by atoms with Gasteiger partial charge in [0.25, 0.3) is 5.56 Å². The molecule has 0 spiro atoms. The second-order valence-corrected chi connectivity index (χ2v) is 6.89. The maximum atomic E-state index is 13.5. The highest BCUT2D eigenvalue weighted by Gasteiger charge is 2.81. The molecule has 0 amide bonds. The van der Waals surface area contributed by atoms with Gasteiger partial charge in [-0.2, -0.15) is 39.5 Å². The van der Waals surface area contributed by atoms with E-state index in [1.165, 1.54) is 0 Å². The molecular formula is C15H15F9N2O7. The molecule has 2 rings (SSSR count). The first-order valence-electron chi connectivity index (χ1n) is 8.63. The van der Waals surface area contributed by atoms with E-state index in [2.05, 4.69) is 4.74 Å². The molecule has 2 heterocycles. The lowest BCUT2D eigenvalue weighted by Gasteiger charge is -2.33. The van der Waals surface area contributed by atoms with Crippen molar-refractivity contribution in [3.8, 4) is 0 Å². The fourth-order valence-electron chi connectivity index (χ4n) is 2.72. The van der Waals surface area contributed by atoms with Crippen molar-refractivity contribution in [2.24, 2.45) is 0 Å². The molecule has 0 aromatic carbocycles. The zero-order valence-electron chi connectivity index (χ0n) is 15.8. The Morgan fingerprint density at radius 1 is 1.00 bits per heavy atom. The van der Waals surface area contributed by atoms with E-state index in [4.69, 9.17) is 9.84 Å². The molecule has 190 valence electrons. The molecule has 0 aliphatic carbocycles. The van der Waals surface area contributed by atoms with Gasteiger partial charge in [0.2, 0.25) is 0 Å². The Morgan fingerprint density at radius 3 is 2.06 bits per heavy atom. The first kappa shape index (κ1) is 27.1. The van der Waals surface area contributed by atoms with E-state index in [1.54, 1.807) is 4.98 Å². The molecule has 18 heteroatoms. The average molecular weight is 506 g/mol. The summed E-state index contributed by atoms with van der Waals surface area (Å²) < 4.78 is 125. The molecule has 1 aliphatic heterocycles. The molecule has 33 heavy (non-hydrogen) atoms. The van der Waals surface area contributed by atoms with E-state index in [0.29, 0.717) is 10.8 Å². The number of H-pyrrole nitrogens is 1. The largest absolute Gasteiger partial charge is 0.460 e. The topological polar surface area (TPSA) is 134 Å². The number of rotatable bonds is 8. The number of halogens is 9. The smallest absolute Gasteiger partial charge is 0.394 e. The third-order valence-electron chi connectivity index (χ3n) is 4.58. The number of aromatic nitrogens is 2. The summed E-state index contributed by atoms with van der Waals surface area (Å²) in [6, 6.07) is 0. The van der Waals surface area contributed by atoms with E-state index in [9.17, 15) is 59.3 Å². The third-order valence-corrected chi connectivity index (χ3v) is 4.58. The number of hydrogen-bond acceptors (Lipinski definition) is 7. The Labute approximate surface area is 176 Å². The van der Waals surface area contributed by atoms with Crippen molar-refractivity contribution >= 4 is 0 Å². The molecule has 0 radical (unpaired) electrons. The lowest BCUT2D eigenvalue weighted by Crippen LogP contribution is -2.62. The van der Waals surface area contributed by atoms with Crippen LogP contribution in [0.4, 0.5) is 39.5 Å². The highest BCUT2D eigenvalue weighted by atomic mass is 19.4. The predicted molar refractivity (Wildman–Crippen MR) is 84.9 cm³/mol. The highest BCUT2D eigenvalue weighted by Crippen LogP contribution is 2.53. The minimum atomic E-state index is -7.11. The summed E-state index contributed by atoms with van der Waals surface area (Å²) in [5.74, 6) is -20.1. The normalized spacial score (nSPS) is 25.0. The summed E-state index contributed by atoms with van der Waals surface area (Å²) in [4.78, 5) is 25.3. The van der Waals surface area contributed by atoms with Gasteiger partial charge in [0.15, 0.2) is 6.23 Å². The Kier molecular flexibility index (Phi) is 7.30. The van der Waals surface area contributed by atoms with Crippen molar-refractivity contribution in [1.82, 2.24) is 9.55 Å². The maximum absolute atomic E-state index is 13.5. The number of ether oxygens (including phenoxy) is 2.